The topological polar surface area (TPSA) is 75.6 Å². The van der Waals surface area contributed by atoms with E-state index < -0.39 is 12.5 Å². The van der Waals surface area contributed by atoms with Crippen LogP contribution in [0.15, 0.2) is 18.5 Å². The number of hydrogen-bond acceptors (Lipinski definition) is 3. The molecule has 0 radical (unpaired) electrons. The van der Waals surface area contributed by atoms with Crippen LogP contribution >= 0.6 is 0 Å². The van der Waals surface area contributed by atoms with Gasteiger partial charge in [-0.25, -0.2) is 9.67 Å². The van der Waals surface area contributed by atoms with Gasteiger partial charge in [0.2, 0.25) is 0 Å². The zero-order valence-electron chi connectivity index (χ0n) is 10.4. The number of rotatable bonds is 4. The van der Waals surface area contributed by atoms with Gasteiger partial charge in [-0.15, -0.1) is 0 Å². The Bertz CT molecular complexity index is 577. The SMILES string of the molecule is Cc1cnc(C(C)NC(=O)c2ccn(C(F)F)n2)[nH]1. The molecule has 0 bridgehead atoms. The largest absolute Gasteiger partial charge is 0.344 e. The summed E-state index contributed by atoms with van der Waals surface area (Å²) in [6, 6.07) is 0.875. The van der Waals surface area contributed by atoms with Crippen LogP contribution in [-0.4, -0.2) is 25.7 Å². The standard InChI is InChI=1S/C11H13F2N5O/c1-6-5-14-9(15-6)7(2)16-10(19)8-3-4-18(17-8)11(12)13/h3-5,7,11H,1-2H3,(H,14,15)(H,16,19). The molecule has 0 aliphatic carbocycles. The molecule has 0 saturated heterocycles. The summed E-state index contributed by atoms with van der Waals surface area (Å²) in [6.45, 7) is 0.821. The molecule has 102 valence electrons. The third-order valence-corrected chi connectivity index (χ3v) is 2.52. The van der Waals surface area contributed by atoms with Crippen LogP contribution in [0.2, 0.25) is 0 Å². The first-order chi connectivity index (χ1) is 8.97. The average molecular weight is 269 g/mol. The minimum Gasteiger partial charge on any atom is -0.344 e. The van der Waals surface area contributed by atoms with Crippen molar-refractivity contribution in [3.8, 4) is 0 Å². The Morgan fingerprint density at radius 2 is 2.26 bits per heavy atom. The number of nitrogens with one attached hydrogen (secondary N) is 2. The Labute approximate surface area is 107 Å². The number of carbonyl (C=O) groups is 1. The van der Waals surface area contributed by atoms with Gasteiger partial charge in [0.25, 0.3) is 5.91 Å². The summed E-state index contributed by atoms with van der Waals surface area (Å²) in [5, 5.41) is 6.11. The fourth-order valence-electron chi connectivity index (χ4n) is 1.56. The third-order valence-electron chi connectivity index (χ3n) is 2.52. The number of H-pyrrole nitrogens is 1. The monoisotopic (exact) mass is 269 g/mol. The number of aromatic amines is 1. The molecule has 8 heteroatoms. The Morgan fingerprint density at radius 3 is 2.79 bits per heavy atom. The Kier molecular flexibility index (Phi) is 3.59. The summed E-state index contributed by atoms with van der Waals surface area (Å²) in [6.07, 6.45) is 2.70. The average Bonchev–Trinajstić information content (AvgIpc) is 2.96. The van der Waals surface area contributed by atoms with Gasteiger partial charge in [-0.2, -0.15) is 13.9 Å². The molecule has 2 heterocycles. The molecule has 1 amide bonds. The molecule has 0 saturated carbocycles. The van der Waals surface area contributed by atoms with Gasteiger partial charge in [0.05, 0.1) is 6.04 Å². The van der Waals surface area contributed by atoms with Crippen molar-refractivity contribution in [3.63, 3.8) is 0 Å². The highest BCUT2D eigenvalue weighted by Gasteiger charge is 2.17. The highest BCUT2D eigenvalue weighted by molar-refractivity contribution is 5.92. The fraction of sp³-hybridized carbons (Fsp3) is 0.364. The van der Waals surface area contributed by atoms with Crippen molar-refractivity contribution in [2.45, 2.75) is 26.4 Å². The normalized spacial score (nSPS) is 12.7. The van der Waals surface area contributed by atoms with E-state index in [-0.39, 0.29) is 11.7 Å². The summed E-state index contributed by atoms with van der Waals surface area (Å²) >= 11 is 0. The number of amides is 1. The van der Waals surface area contributed by atoms with E-state index in [4.69, 9.17) is 0 Å². The maximum Gasteiger partial charge on any atom is 0.333 e. The van der Waals surface area contributed by atoms with E-state index in [1.54, 1.807) is 13.1 Å². The van der Waals surface area contributed by atoms with Gasteiger partial charge in [0, 0.05) is 18.1 Å². The van der Waals surface area contributed by atoms with E-state index in [9.17, 15) is 13.6 Å². The zero-order valence-corrected chi connectivity index (χ0v) is 10.4. The van der Waals surface area contributed by atoms with Crippen LogP contribution < -0.4 is 5.32 Å². The van der Waals surface area contributed by atoms with E-state index in [0.717, 1.165) is 11.9 Å². The number of imidazole rings is 1. The first-order valence-corrected chi connectivity index (χ1v) is 5.63. The highest BCUT2D eigenvalue weighted by Crippen LogP contribution is 2.11. The molecule has 1 atom stereocenters. The van der Waals surface area contributed by atoms with Crippen molar-refractivity contribution in [2.75, 3.05) is 0 Å². The van der Waals surface area contributed by atoms with Gasteiger partial charge in [0.15, 0.2) is 0 Å². The smallest absolute Gasteiger partial charge is 0.333 e. The van der Waals surface area contributed by atoms with Gasteiger partial charge in [-0.05, 0) is 19.9 Å². The van der Waals surface area contributed by atoms with E-state index in [2.05, 4.69) is 20.4 Å². The second-order valence-electron chi connectivity index (χ2n) is 4.11. The first-order valence-electron chi connectivity index (χ1n) is 5.63. The number of nitrogens with zero attached hydrogens (tertiary/aromatic N) is 3. The Balaban J connectivity index is 2.04. The predicted octanol–water partition coefficient (Wildman–Crippen LogP) is 1.80. The van der Waals surface area contributed by atoms with Gasteiger partial charge < -0.3 is 10.3 Å². The second-order valence-corrected chi connectivity index (χ2v) is 4.11. The van der Waals surface area contributed by atoms with Crippen molar-refractivity contribution >= 4 is 5.91 Å². The summed E-state index contributed by atoms with van der Waals surface area (Å²) in [7, 11) is 0. The lowest BCUT2D eigenvalue weighted by atomic mass is 10.3. The van der Waals surface area contributed by atoms with Crippen LogP contribution in [0.1, 0.15) is 41.5 Å². The number of carbonyl (C=O) groups excluding carboxylic acids is 1. The summed E-state index contributed by atoms with van der Waals surface area (Å²) < 4.78 is 25.1. The molecule has 19 heavy (non-hydrogen) atoms. The lowest BCUT2D eigenvalue weighted by Gasteiger charge is -2.10. The summed E-state index contributed by atoms with van der Waals surface area (Å²) in [5.74, 6) is 0.0695. The second kappa shape index (κ2) is 5.17. The van der Waals surface area contributed by atoms with E-state index >= 15 is 0 Å². The highest BCUT2D eigenvalue weighted by atomic mass is 19.3. The van der Waals surface area contributed by atoms with Crippen LogP contribution in [0.4, 0.5) is 8.78 Å². The summed E-state index contributed by atoms with van der Waals surface area (Å²) in [5.41, 5.74) is 0.813. The number of alkyl halides is 2. The van der Waals surface area contributed by atoms with Crippen LogP contribution in [0.3, 0.4) is 0 Å². The molecule has 0 aliphatic heterocycles. The predicted molar refractivity (Wildman–Crippen MR) is 62.7 cm³/mol. The quantitative estimate of drug-likeness (QED) is 0.888. The molecule has 2 N–H and O–H groups in total. The molecule has 2 aromatic heterocycles. The molecular weight excluding hydrogens is 256 g/mol. The van der Waals surface area contributed by atoms with Crippen LogP contribution in [0.5, 0.6) is 0 Å². The van der Waals surface area contributed by atoms with E-state index in [0.29, 0.717) is 10.5 Å². The molecule has 6 nitrogen and oxygen atoms in total. The van der Waals surface area contributed by atoms with E-state index in [1.807, 2.05) is 6.92 Å². The molecular formula is C11H13F2N5O. The molecule has 2 rings (SSSR count). The number of aromatic nitrogens is 4. The van der Waals surface area contributed by atoms with Crippen LogP contribution in [0, 0.1) is 6.92 Å². The minimum absolute atomic E-state index is 0.0598. The van der Waals surface area contributed by atoms with E-state index in [1.165, 1.54) is 6.07 Å². The van der Waals surface area contributed by atoms with Crippen LogP contribution in [-0.2, 0) is 0 Å². The van der Waals surface area contributed by atoms with Gasteiger partial charge in [0.1, 0.15) is 11.5 Å². The van der Waals surface area contributed by atoms with Crippen molar-refractivity contribution in [3.05, 3.63) is 35.7 Å². The van der Waals surface area contributed by atoms with Crippen molar-refractivity contribution in [1.82, 2.24) is 25.1 Å². The molecule has 2 aromatic rings. The van der Waals surface area contributed by atoms with Crippen molar-refractivity contribution in [1.29, 1.82) is 0 Å². The molecule has 0 spiro atoms. The maximum atomic E-state index is 12.3. The number of hydrogen-bond donors (Lipinski definition) is 2. The molecule has 0 fully saturated rings. The van der Waals surface area contributed by atoms with Gasteiger partial charge in [-0.3, -0.25) is 4.79 Å². The fourth-order valence-corrected chi connectivity index (χ4v) is 1.56. The zero-order chi connectivity index (χ0) is 14.0. The van der Waals surface area contributed by atoms with Crippen molar-refractivity contribution in [2.24, 2.45) is 0 Å². The number of aryl methyl sites for hydroxylation is 1. The van der Waals surface area contributed by atoms with Gasteiger partial charge >= 0.3 is 6.55 Å². The lowest BCUT2D eigenvalue weighted by Crippen LogP contribution is -2.27. The third kappa shape index (κ3) is 2.95. The maximum absolute atomic E-state index is 12.3. The molecule has 1 unspecified atom stereocenters. The number of halogens is 2. The minimum atomic E-state index is -2.76. The Hall–Kier alpha value is -2.25. The Morgan fingerprint density at radius 1 is 1.53 bits per heavy atom. The first kappa shape index (κ1) is 13.2. The summed E-state index contributed by atoms with van der Waals surface area (Å²) in [4.78, 5) is 18.9. The van der Waals surface area contributed by atoms with Crippen molar-refractivity contribution < 1.29 is 13.6 Å². The molecule has 0 aliphatic rings. The molecule has 0 aromatic carbocycles. The van der Waals surface area contributed by atoms with Crippen LogP contribution in [0.25, 0.3) is 0 Å². The van der Waals surface area contributed by atoms with Gasteiger partial charge in [-0.1, -0.05) is 0 Å². The lowest BCUT2D eigenvalue weighted by molar-refractivity contribution is 0.0559.